The monoisotopic (exact) mass is 283 g/mol. The Morgan fingerprint density at radius 1 is 1.10 bits per heavy atom. The van der Waals surface area contributed by atoms with Crippen LogP contribution in [0.25, 0.3) is 0 Å². The van der Waals surface area contributed by atoms with Crippen LogP contribution >= 0.6 is 0 Å². The molecule has 4 saturated carbocycles. The van der Waals surface area contributed by atoms with E-state index in [1.165, 1.54) is 38.5 Å². The summed E-state index contributed by atoms with van der Waals surface area (Å²) in [4.78, 5) is 0. The van der Waals surface area contributed by atoms with E-state index in [1.807, 2.05) is 0 Å². The summed E-state index contributed by atoms with van der Waals surface area (Å²) < 4.78 is 0. The maximum atomic E-state index is 3.51. The molecule has 1 aromatic carbocycles. The summed E-state index contributed by atoms with van der Waals surface area (Å²) in [5.41, 5.74) is 2.21. The summed E-state index contributed by atoms with van der Waals surface area (Å²) in [6.07, 6.45) is 8.90. The first-order valence-corrected chi connectivity index (χ1v) is 8.92. The number of hydrogen-bond donors (Lipinski definition) is 1. The first-order valence-electron chi connectivity index (χ1n) is 8.92. The van der Waals surface area contributed by atoms with Gasteiger partial charge < -0.3 is 5.32 Å². The lowest BCUT2D eigenvalue weighted by Crippen LogP contribution is -2.53. The van der Waals surface area contributed by atoms with Crippen molar-refractivity contribution >= 4 is 0 Å². The van der Waals surface area contributed by atoms with Crippen molar-refractivity contribution in [2.45, 2.75) is 57.4 Å². The molecule has 0 aromatic heterocycles. The van der Waals surface area contributed by atoms with E-state index < -0.39 is 0 Å². The molecule has 0 saturated heterocycles. The molecular weight excluding hydrogens is 254 g/mol. The lowest BCUT2D eigenvalue weighted by Gasteiger charge is -2.62. The fourth-order valence-electron chi connectivity index (χ4n) is 6.50. The van der Waals surface area contributed by atoms with Crippen molar-refractivity contribution in [2.24, 2.45) is 23.2 Å². The molecule has 4 fully saturated rings. The molecule has 0 spiro atoms. The molecule has 1 N–H and O–H groups in total. The van der Waals surface area contributed by atoms with Crippen molar-refractivity contribution in [3.05, 3.63) is 35.9 Å². The SMILES string of the molecule is CNC(C)CC12CC3CC(CC(C3)C1c1ccccc1)C2. The molecule has 1 nitrogen and oxygen atoms in total. The first-order chi connectivity index (χ1) is 10.2. The molecule has 114 valence electrons. The highest BCUT2D eigenvalue weighted by Crippen LogP contribution is 2.67. The first kappa shape index (κ1) is 13.8. The molecule has 0 radical (unpaired) electrons. The molecule has 4 aliphatic carbocycles. The maximum absolute atomic E-state index is 3.51. The Bertz CT molecular complexity index is 480. The van der Waals surface area contributed by atoms with Gasteiger partial charge in [0.2, 0.25) is 0 Å². The molecular formula is C20H29N. The predicted molar refractivity (Wildman–Crippen MR) is 88.3 cm³/mol. The number of rotatable bonds is 4. The van der Waals surface area contributed by atoms with Crippen LogP contribution in [0.2, 0.25) is 0 Å². The molecule has 21 heavy (non-hydrogen) atoms. The van der Waals surface area contributed by atoms with Gasteiger partial charge in [-0.25, -0.2) is 0 Å². The lowest BCUT2D eigenvalue weighted by atomic mass is 9.43. The zero-order valence-corrected chi connectivity index (χ0v) is 13.5. The second-order valence-electron chi connectivity index (χ2n) is 8.25. The van der Waals surface area contributed by atoms with E-state index in [0.29, 0.717) is 11.5 Å². The van der Waals surface area contributed by atoms with Crippen LogP contribution in [0, 0.1) is 23.2 Å². The van der Waals surface area contributed by atoms with E-state index in [2.05, 4.69) is 49.6 Å². The van der Waals surface area contributed by atoms with E-state index in [0.717, 1.165) is 23.7 Å². The van der Waals surface area contributed by atoms with Crippen LogP contribution in [0.5, 0.6) is 0 Å². The van der Waals surface area contributed by atoms with Gasteiger partial charge in [-0.05, 0) is 87.1 Å². The largest absolute Gasteiger partial charge is 0.317 e. The second-order valence-corrected chi connectivity index (χ2v) is 8.25. The Kier molecular flexibility index (Phi) is 3.37. The summed E-state index contributed by atoms with van der Waals surface area (Å²) >= 11 is 0. The smallest absolute Gasteiger partial charge is 0.00412 e. The highest BCUT2D eigenvalue weighted by atomic mass is 14.9. The van der Waals surface area contributed by atoms with Crippen LogP contribution in [0.1, 0.15) is 56.9 Å². The fraction of sp³-hybridized carbons (Fsp3) is 0.700. The third kappa shape index (κ3) is 2.25. The summed E-state index contributed by atoms with van der Waals surface area (Å²) in [6.45, 7) is 2.38. The molecule has 0 heterocycles. The van der Waals surface area contributed by atoms with Crippen LogP contribution in [0.4, 0.5) is 0 Å². The normalized spacial score (nSPS) is 42.2. The Labute approximate surface area is 129 Å². The van der Waals surface area contributed by atoms with Crippen LogP contribution in [-0.4, -0.2) is 13.1 Å². The van der Waals surface area contributed by atoms with Crippen LogP contribution in [0.3, 0.4) is 0 Å². The zero-order valence-electron chi connectivity index (χ0n) is 13.5. The van der Waals surface area contributed by atoms with E-state index in [1.54, 1.807) is 5.56 Å². The summed E-state index contributed by atoms with van der Waals surface area (Å²) in [5, 5.41) is 3.51. The molecule has 4 atom stereocenters. The molecule has 4 bridgehead atoms. The summed E-state index contributed by atoms with van der Waals surface area (Å²) in [7, 11) is 2.13. The van der Waals surface area contributed by atoms with Crippen molar-refractivity contribution in [3.8, 4) is 0 Å². The van der Waals surface area contributed by atoms with Gasteiger partial charge in [0.1, 0.15) is 0 Å². The third-order valence-corrected chi connectivity index (χ3v) is 6.82. The molecule has 0 aliphatic heterocycles. The van der Waals surface area contributed by atoms with Gasteiger partial charge in [-0.15, -0.1) is 0 Å². The van der Waals surface area contributed by atoms with Gasteiger partial charge in [0, 0.05) is 6.04 Å². The Balaban J connectivity index is 1.72. The fourth-order valence-corrected chi connectivity index (χ4v) is 6.50. The van der Waals surface area contributed by atoms with Crippen LogP contribution in [0.15, 0.2) is 30.3 Å². The van der Waals surface area contributed by atoms with Crippen molar-refractivity contribution in [1.29, 1.82) is 0 Å². The van der Waals surface area contributed by atoms with Gasteiger partial charge in [-0.3, -0.25) is 0 Å². The van der Waals surface area contributed by atoms with Gasteiger partial charge in [0.05, 0.1) is 0 Å². The van der Waals surface area contributed by atoms with E-state index >= 15 is 0 Å². The minimum absolute atomic E-state index is 0.582. The minimum Gasteiger partial charge on any atom is -0.317 e. The highest BCUT2D eigenvalue weighted by Gasteiger charge is 2.57. The molecule has 1 aromatic rings. The van der Waals surface area contributed by atoms with Crippen molar-refractivity contribution in [2.75, 3.05) is 7.05 Å². The Hall–Kier alpha value is -0.820. The van der Waals surface area contributed by atoms with E-state index in [-0.39, 0.29) is 0 Å². The average molecular weight is 283 g/mol. The van der Waals surface area contributed by atoms with Gasteiger partial charge in [-0.1, -0.05) is 30.3 Å². The van der Waals surface area contributed by atoms with Crippen LogP contribution in [-0.2, 0) is 0 Å². The van der Waals surface area contributed by atoms with Crippen molar-refractivity contribution in [3.63, 3.8) is 0 Å². The second kappa shape index (κ2) is 5.12. The quantitative estimate of drug-likeness (QED) is 0.852. The number of nitrogens with one attached hydrogen (secondary N) is 1. The van der Waals surface area contributed by atoms with Gasteiger partial charge >= 0.3 is 0 Å². The molecule has 4 aliphatic rings. The predicted octanol–water partition coefficient (Wildman–Crippen LogP) is 4.59. The Morgan fingerprint density at radius 2 is 1.76 bits per heavy atom. The molecule has 5 rings (SSSR count). The minimum atomic E-state index is 0.582. The number of benzene rings is 1. The van der Waals surface area contributed by atoms with E-state index in [9.17, 15) is 0 Å². The topological polar surface area (TPSA) is 12.0 Å². The van der Waals surface area contributed by atoms with Crippen molar-refractivity contribution in [1.82, 2.24) is 5.32 Å². The third-order valence-electron chi connectivity index (χ3n) is 6.82. The molecule has 0 amide bonds. The average Bonchev–Trinajstić information content (AvgIpc) is 2.46. The highest BCUT2D eigenvalue weighted by molar-refractivity contribution is 5.27. The summed E-state index contributed by atoms with van der Waals surface area (Å²) in [6, 6.07) is 12.1. The van der Waals surface area contributed by atoms with Crippen LogP contribution < -0.4 is 5.32 Å². The van der Waals surface area contributed by atoms with Gasteiger partial charge in [-0.2, -0.15) is 0 Å². The van der Waals surface area contributed by atoms with Crippen molar-refractivity contribution < 1.29 is 0 Å². The lowest BCUT2D eigenvalue weighted by molar-refractivity contribution is -0.0835. The molecule has 1 heteroatoms. The maximum Gasteiger partial charge on any atom is 0.00412 e. The zero-order chi connectivity index (χ0) is 14.4. The van der Waals surface area contributed by atoms with Gasteiger partial charge in [0.25, 0.3) is 0 Å². The Morgan fingerprint density at radius 3 is 2.38 bits per heavy atom. The standard InChI is InChI=1S/C20H29N/c1-14(21-2)11-20-12-15-8-16(13-20)10-18(9-15)19(20)17-6-4-3-5-7-17/h3-7,14-16,18-19,21H,8-13H2,1-2H3. The van der Waals surface area contributed by atoms with Gasteiger partial charge in [0.15, 0.2) is 0 Å². The van der Waals surface area contributed by atoms with E-state index in [4.69, 9.17) is 0 Å². The molecule has 4 unspecified atom stereocenters. The summed E-state index contributed by atoms with van der Waals surface area (Å²) in [5.74, 6) is 3.85. The number of hydrogen-bond acceptors (Lipinski definition) is 1.